The van der Waals surface area contributed by atoms with Crippen molar-refractivity contribution in [2.24, 2.45) is 0 Å². The zero-order valence-corrected chi connectivity index (χ0v) is 13.5. The van der Waals surface area contributed by atoms with Crippen LogP contribution in [0.1, 0.15) is 0 Å². The molecule has 0 atom stereocenters. The van der Waals surface area contributed by atoms with E-state index in [9.17, 15) is 0 Å². The highest BCUT2D eigenvalue weighted by molar-refractivity contribution is 5.87. The first-order valence-electron chi connectivity index (χ1n) is 8.25. The van der Waals surface area contributed by atoms with Crippen LogP contribution in [-0.2, 0) is 0 Å². The van der Waals surface area contributed by atoms with Gasteiger partial charge >= 0.3 is 0 Å². The Morgan fingerprint density at radius 2 is 1.56 bits per heavy atom. The summed E-state index contributed by atoms with van der Waals surface area (Å²) in [6.07, 6.45) is 7.64. The van der Waals surface area contributed by atoms with Crippen molar-refractivity contribution < 1.29 is 0 Å². The van der Waals surface area contributed by atoms with E-state index in [-0.39, 0.29) is 0 Å². The molecule has 3 aromatic heterocycles. The number of rotatable bonds is 2. The molecule has 3 heterocycles. The second-order valence-corrected chi connectivity index (χ2v) is 6.09. The van der Waals surface area contributed by atoms with E-state index in [0.717, 1.165) is 22.3 Å². The summed E-state index contributed by atoms with van der Waals surface area (Å²) < 4.78 is 2.06. The molecular weight excluding hydrogens is 306 g/mol. The van der Waals surface area contributed by atoms with Gasteiger partial charge in [0, 0.05) is 29.5 Å². The minimum atomic E-state index is 0.896. The third-order valence-electron chi connectivity index (χ3n) is 4.57. The minimum absolute atomic E-state index is 0.896. The molecule has 25 heavy (non-hydrogen) atoms. The summed E-state index contributed by atoms with van der Waals surface area (Å²) in [5.41, 5.74) is 3.36. The molecule has 5 rings (SSSR count). The van der Waals surface area contributed by atoms with Crippen LogP contribution in [0.15, 0.2) is 91.5 Å². The van der Waals surface area contributed by atoms with E-state index in [1.807, 2.05) is 30.9 Å². The molecule has 0 aliphatic rings. The Morgan fingerprint density at radius 1 is 0.680 bits per heavy atom. The van der Waals surface area contributed by atoms with Crippen molar-refractivity contribution in [3.05, 3.63) is 91.5 Å². The van der Waals surface area contributed by atoms with Crippen LogP contribution < -0.4 is 0 Å². The maximum Gasteiger partial charge on any atom is 0.137 e. The normalized spacial score (nSPS) is 11.2. The van der Waals surface area contributed by atoms with Gasteiger partial charge in [0.05, 0.1) is 11.7 Å². The number of nitrogens with zero attached hydrogens (tertiary/aromatic N) is 3. The Morgan fingerprint density at radius 3 is 2.44 bits per heavy atom. The van der Waals surface area contributed by atoms with Gasteiger partial charge in [-0.05, 0) is 46.7 Å². The molecule has 0 radical (unpaired) electrons. The highest BCUT2D eigenvalue weighted by Gasteiger charge is 2.05. The maximum absolute atomic E-state index is 4.66. The van der Waals surface area contributed by atoms with Gasteiger partial charge in [-0.2, -0.15) is 0 Å². The first-order valence-corrected chi connectivity index (χ1v) is 8.25. The molecular formula is C22H15N3. The van der Waals surface area contributed by atoms with Crippen LogP contribution in [0.5, 0.6) is 0 Å². The molecule has 0 unspecified atom stereocenters. The van der Waals surface area contributed by atoms with Crippen molar-refractivity contribution in [2.75, 3.05) is 0 Å². The molecule has 0 aliphatic carbocycles. The monoisotopic (exact) mass is 321 g/mol. The molecule has 2 aromatic carbocycles. The number of hydrogen-bond acceptors (Lipinski definition) is 2. The lowest BCUT2D eigenvalue weighted by Gasteiger charge is -2.07. The summed E-state index contributed by atoms with van der Waals surface area (Å²) in [4.78, 5) is 8.88. The summed E-state index contributed by atoms with van der Waals surface area (Å²) in [5, 5.41) is 3.66. The number of pyridine rings is 2. The fraction of sp³-hybridized carbons (Fsp3) is 0. The van der Waals surface area contributed by atoms with Gasteiger partial charge in [0.25, 0.3) is 0 Å². The molecule has 3 nitrogen and oxygen atoms in total. The standard InChI is InChI=1S/C22H15N3/c1-2-4-18-13-19(6-5-16(18)3-1)20-7-8-22(24-14-20)25-12-10-17-9-11-23-15-21(17)25/h1-15H. The largest absolute Gasteiger partial charge is 0.300 e. The van der Waals surface area contributed by atoms with Crippen LogP contribution in [0.3, 0.4) is 0 Å². The fourth-order valence-corrected chi connectivity index (χ4v) is 3.24. The van der Waals surface area contributed by atoms with Gasteiger partial charge in [0.2, 0.25) is 0 Å². The predicted octanol–water partition coefficient (Wildman–Crippen LogP) is 5.24. The van der Waals surface area contributed by atoms with Crippen molar-refractivity contribution in [3.8, 4) is 16.9 Å². The number of hydrogen-bond donors (Lipinski definition) is 0. The summed E-state index contributed by atoms with van der Waals surface area (Å²) in [6, 6.07) is 23.2. The van der Waals surface area contributed by atoms with Crippen LogP contribution in [0.25, 0.3) is 38.6 Å². The molecule has 0 amide bonds. The van der Waals surface area contributed by atoms with E-state index in [1.54, 1.807) is 0 Å². The first-order chi connectivity index (χ1) is 12.4. The Kier molecular flexibility index (Phi) is 3.10. The van der Waals surface area contributed by atoms with E-state index in [0.29, 0.717) is 0 Å². The highest BCUT2D eigenvalue weighted by Crippen LogP contribution is 2.25. The quantitative estimate of drug-likeness (QED) is 0.445. The average molecular weight is 321 g/mol. The SMILES string of the molecule is c1ccc2cc(-c3ccc(-n4ccc5ccncc54)nc3)ccc2c1. The lowest BCUT2D eigenvalue weighted by molar-refractivity contribution is 1.04. The fourth-order valence-electron chi connectivity index (χ4n) is 3.24. The Hall–Kier alpha value is -3.46. The lowest BCUT2D eigenvalue weighted by atomic mass is 10.0. The van der Waals surface area contributed by atoms with Crippen LogP contribution in [0.2, 0.25) is 0 Å². The molecule has 0 fully saturated rings. The third kappa shape index (κ3) is 2.37. The van der Waals surface area contributed by atoms with Gasteiger partial charge in [0.15, 0.2) is 0 Å². The lowest BCUT2D eigenvalue weighted by Crippen LogP contribution is -1.95. The summed E-state index contributed by atoms with van der Waals surface area (Å²) in [7, 11) is 0. The molecule has 0 saturated heterocycles. The smallest absolute Gasteiger partial charge is 0.137 e. The van der Waals surface area contributed by atoms with E-state index in [4.69, 9.17) is 0 Å². The molecule has 0 saturated carbocycles. The van der Waals surface area contributed by atoms with Crippen LogP contribution >= 0.6 is 0 Å². The number of aromatic nitrogens is 3. The minimum Gasteiger partial charge on any atom is -0.300 e. The van der Waals surface area contributed by atoms with Crippen molar-refractivity contribution in [3.63, 3.8) is 0 Å². The summed E-state index contributed by atoms with van der Waals surface area (Å²) >= 11 is 0. The molecule has 5 aromatic rings. The highest BCUT2D eigenvalue weighted by atomic mass is 15.1. The van der Waals surface area contributed by atoms with Gasteiger partial charge in [-0.1, -0.05) is 36.4 Å². The molecule has 118 valence electrons. The van der Waals surface area contributed by atoms with Crippen molar-refractivity contribution in [2.45, 2.75) is 0 Å². The van der Waals surface area contributed by atoms with Crippen LogP contribution in [0, 0.1) is 0 Å². The topological polar surface area (TPSA) is 30.7 Å². The number of benzene rings is 2. The predicted molar refractivity (Wildman–Crippen MR) is 102 cm³/mol. The van der Waals surface area contributed by atoms with E-state index >= 15 is 0 Å². The van der Waals surface area contributed by atoms with Gasteiger partial charge in [0.1, 0.15) is 5.82 Å². The summed E-state index contributed by atoms with van der Waals surface area (Å²) in [6.45, 7) is 0. The van der Waals surface area contributed by atoms with E-state index in [1.165, 1.54) is 16.3 Å². The Bertz CT molecular complexity index is 1190. The van der Waals surface area contributed by atoms with Crippen molar-refractivity contribution >= 4 is 21.7 Å². The van der Waals surface area contributed by atoms with E-state index in [2.05, 4.69) is 75.2 Å². The van der Waals surface area contributed by atoms with Crippen LogP contribution in [-0.4, -0.2) is 14.5 Å². The van der Waals surface area contributed by atoms with E-state index < -0.39 is 0 Å². The zero-order chi connectivity index (χ0) is 16.6. The number of fused-ring (bicyclic) bond motifs is 2. The Balaban J connectivity index is 1.56. The second kappa shape index (κ2) is 5.56. The van der Waals surface area contributed by atoms with Crippen molar-refractivity contribution in [1.29, 1.82) is 0 Å². The molecule has 0 bridgehead atoms. The van der Waals surface area contributed by atoms with Crippen LogP contribution in [0.4, 0.5) is 0 Å². The van der Waals surface area contributed by atoms with Gasteiger partial charge < -0.3 is 0 Å². The Labute approximate surface area is 145 Å². The average Bonchev–Trinajstić information content (AvgIpc) is 3.12. The molecule has 0 spiro atoms. The summed E-state index contributed by atoms with van der Waals surface area (Å²) in [5.74, 6) is 0.896. The molecule has 0 aliphatic heterocycles. The zero-order valence-electron chi connectivity index (χ0n) is 13.5. The van der Waals surface area contributed by atoms with Gasteiger partial charge in [-0.25, -0.2) is 4.98 Å². The molecule has 0 N–H and O–H groups in total. The van der Waals surface area contributed by atoms with Gasteiger partial charge in [-0.15, -0.1) is 0 Å². The first kappa shape index (κ1) is 13.9. The maximum atomic E-state index is 4.66. The third-order valence-corrected chi connectivity index (χ3v) is 4.57. The molecule has 3 heteroatoms. The second-order valence-electron chi connectivity index (χ2n) is 6.09. The van der Waals surface area contributed by atoms with Gasteiger partial charge in [-0.3, -0.25) is 9.55 Å². The van der Waals surface area contributed by atoms with Crippen molar-refractivity contribution in [1.82, 2.24) is 14.5 Å².